The van der Waals surface area contributed by atoms with Crippen LogP contribution in [0.3, 0.4) is 0 Å². The van der Waals surface area contributed by atoms with Crippen LogP contribution in [0, 0.1) is 0 Å². The molecule has 0 N–H and O–H groups in total. The van der Waals surface area contributed by atoms with Gasteiger partial charge in [0.1, 0.15) is 5.82 Å². The van der Waals surface area contributed by atoms with E-state index < -0.39 is 0 Å². The van der Waals surface area contributed by atoms with Gasteiger partial charge in [-0.15, -0.1) is 0 Å². The molecule has 37 heavy (non-hydrogen) atoms. The van der Waals surface area contributed by atoms with Gasteiger partial charge in [-0.2, -0.15) is 0 Å². The standard InChI is InChI=1S/C35H28N2/c1-2-10-25(11-3-1)26-18-20-27(21-19-26)28-22-23-36-35(24-28)37-33-16-8-6-14-31(33)29-12-4-5-13-30(29)32-15-7-9-17-34(32)37/h1-24,31-34H. The fraction of sp³-hybridized carbons (Fsp3) is 0.114. The van der Waals surface area contributed by atoms with Crippen molar-refractivity contribution in [1.82, 2.24) is 4.98 Å². The van der Waals surface area contributed by atoms with Crippen LogP contribution in [-0.4, -0.2) is 17.1 Å². The molecular formula is C35H28N2. The normalized spacial score (nSPS) is 23.2. The first-order valence-corrected chi connectivity index (χ1v) is 13.1. The molecule has 0 saturated heterocycles. The lowest BCUT2D eigenvalue weighted by atomic mass is 9.82. The van der Waals surface area contributed by atoms with Crippen molar-refractivity contribution in [3.8, 4) is 22.3 Å². The number of aromatic nitrogens is 1. The lowest BCUT2D eigenvalue weighted by Crippen LogP contribution is -2.46. The zero-order valence-corrected chi connectivity index (χ0v) is 20.6. The summed E-state index contributed by atoms with van der Waals surface area (Å²) in [5, 5.41) is 0. The second-order valence-electron chi connectivity index (χ2n) is 9.95. The van der Waals surface area contributed by atoms with Crippen molar-refractivity contribution >= 4 is 5.82 Å². The van der Waals surface area contributed by atoms with E-state index in [0.717, 1.165) is 5.82 Å². The fourth-order valence-electron chi connectivity index (χ4n) is 6.14. The molecule has 178 valence electrons. The van der Waals surface area contributed by atoms with Gasteiger partial charge in [-0.1, -0.05) is 127 Å². The maximum absolute atomic E-state index is 4.95. The van der Waals surface area contributed by atoms with Crippen LogP contribution in [0.5, 0.6) is 0 Å². The van der Waals surface area contributed by atoms with Crippen LogP contribution in [-0.2, 0) is 0 Å². The van der Waals surface area contributed by atoms with Gasteiger partial charge in [0.15, 0.2) is 0 Å². The number of benzene rings is 3. The predicted molar refractivity (Wildman–Crippen MR) is 154 cm³/mol. The molecule has 7 rings (SSSR count). The molecular weight excluding hydrogens is 448 g/mol. The van der Waals surface area contributed by atoms with Gasteiger partial charge in [0.2, 0.25) is 0 Å². The van der Waals surface area contributed by atoms with Gasteiger partial charge in [0.05, 0.1) is 12.1 Å². The van der Waals surface area contributed by atoms with E-state index in [2.05, 4.69) is 145 Å². The predicted octanol–water partition coefficient (Wildman–Crippen LogP) is 8.09. The highest BCUT2D eigenvalue weighted by Gasteiger charge is 2.40. The summed E-state index contributed by atoms with van der Waals surface area (Å²) in [6, 6.07) is 33.1. The number of rotatable bonds is 3. The van der Waals surface area contributed by atoms with Crippen LogP contribution < -0.4 is 4.90 Å². The highest BCUT2D eigenvalue weighted by atomic mass is 15.2. The summed E-state index contributed by atoms with van der Waals surface area (Å²) in [6.45, 7) is 0. The number of hydrogen-bond acceptors (Lipinski definition) is 2. The van der Waals surface area contributed by atoms with Crippen molar-refractivity contribution < 1.29 is 0 Å². The first kappa shape index (κ1) is 21.8. The molecule has 0 amide bonds. The zero-order chi connectivity index (χ0) is 24.6. The van der Waals surface area contributed by atoms with Crippen molar-refractivity contribution in [2.24, 2.45) is 0 Å². The maximum atomic E-state index is 4.95. The van der Waals surface area contributed by atoms with Gasteiger partial charge < -0.3 is 4.90 Å². The average molecular weight is 477 g/mol. The van der Waals surface area contributed by atoms with Crippen LogP contribution in [0.25, 0.3) is 22.3 Å². The molecule has 1 aliphatic heterocycles. The molecule has 3 aliphatic rings. The molecule has 0 spiro atoms. The molecule has 4 aromatic rings. The smallest absolute Gasteiger partial charge is 0.130 e. The van der Waals surface area contributed by atoms with Gasteiger partial charge in [-0.25, -0.2) is 4.98 Å². The van der Waals surface area contributed by atoms with Crippen LogP contribution in [0.15, 0.2) is 146 Å². The minimum absolute atomic E-state index is 0.195. The largest absolute Gasteiger partial charge is 0.342 e. The summed E-state index contributed by atoms with van der Waals surface area (Å²) in [6.07, 6.45) is 20.1. The van der Waals surface area contributed by atoms with E-state index in [0.29, 0.717) is 0 Å². The van der Waals surface area contributed by atoms with E-state index in [1.165, 1.54) is 33.4 Å². The van der Waals surface area contributed by atoms with E-state index in [4.69, 9.17) is 4.98 Å². The zero-order valence-electron chi connectivity index (χ0n) is 20.6. The topological polar surface area (TPSA) is 16.1 Å². The second-order valence-corrected chi connectivity index (χ2v) is 9.95. The van der Waals surface area contributed by atoms with E-state index in [-0.39, 0.29) is 23.9 Å². The van der Waals surface area contributed by atoms with Crippen LogP contribution in [0.2, 0.25) is 0 Å². The SMILES string of the molecule is C1=CC2c3ccccc3C3C=CC=CC3N(c3cc(-c4ccc(-c5ccccc5)cc4)ccn3)C2C=C1. The molecule has 1 aromatic heterocycles. The lowest BCUT2D eigenvalue weighted by Gasteiger charge is -2.40. The molecule has 2 heterocycles. The minimum atomic E-state index is 0.195. The number of pyridine rings is 1. The Hall–Kier alpha value is -4.43. The molecule has 3 aromatic carbocycles. The first-order chi connectivity index (χ1) is 18.4. The molecule has 0 saturated carbocycles. The van der Waals surface area contributed by atoms with Crippen LogP contribution in [0.4, 0.5) is 5.82 Å². The van der Waals surface area contributed by atoms with E-state index in [1.54, 1.807) is 0 Å². The summed E-state index contributed by atoms with van der Waals surface area (Å²) in [4.78, 5) is 7.49. The highest BCUT2D eigenvalue weighted by Crippen LogP contribution is 2.45. The first-order valence-electron chi connectivity index (χ1n) is 13.1. The Kier molecular flexibility index (Phi) is 5.44. The Morgan fingerprint density at radius 2 is 1.00 bits per heavy atom. The minimum Gasteiger partial charge on any atom is -0.342 e. The Balaban J connectivity index is 1.31. The van der Waals surface area contributed by atoms with Crippen LogP contribution >= 0.6 is 0 Å². The monoisotopic (exact) mass is 476 g/mol. The third kappa shape index (κ3) is 3.86. The van der Waals surface area contributed by atoms with Gasteiger partial charge in [-0.05, 0) is 45.5 Å². The van der Waals surface area contributed by atoms with Gasteiger partial charge in [0, 0.05) is 18.0 Å². The molecule has 0 fully saturated rings. The Morgan fingerprint density at radius 3 is 1.62 bits per heavy atom. The molecule has 2 nitrogen and oxygen atoms in total. The number of allylic oxidation sites excluding steroid dienone is 4. The molecule has 0 bridgehead atoms. The van der Waals surface area contributed by atoms with Gasteiger partial charge >= 0.3 is 0 Å². The number of nitrogens with zero attached hydrogens (tertiary/aromatic N) is 2. The fourth-order valence-corrected chi connectivity index (χ4v) is 6.14. The van der Waals surface area contributed by atoms with E-state index in [9.17, 15) is 0 Å². The molecule has 4 atom stereocenters. The summed E-state index contributed by atoms with van der Waals surface area (Å²) in [5.74, 6) is 1.58. The molecule has 2 heteroatoms. The number of anilines is 1. The third-order valence-electron chi connectivity index (χ3n) is 7.90. The second kappa shape index (κ2) is 9.22. The van der Waals surface area contributed by atoms with Gasteiger partial charge in [-0.3, -0.25) is 0 Å². The lowest BCUT2D eigenvalue weighted by molar-refractivity contribution is 0.567. The Bertz CT molecular complexity index is 1490. The molecule has 0 radical (unpaired) electrons. The number of hydrogen-bond donors (Lipinski definition) is 0. The van der Waals surface area contributed by atoms with Crippen molar-refractivity contribution in [2.45, 2.75) is 23.9 Å². The summed E-state index contributed by atoms with van der Waals surface area (Å²) >= 11 is 0. The average Bonchev–Trinajstić information content (AvgIpc) is 3.11. The maximum Gasteiger partial charge on any atom is 0.130 e. The van der Waals surface area contributed by atoms with E-state index >= 15 is 0 Å². The number of fused-ring (bicyclic) bond motifs is 5. The summed E-state index contributed by atoms with van der Waals surface area (Å²) in [7, 11) is 0. The summed E-state index contributed by atoms with van der Waals surface area (Å²) in [5.41, 5.74) is 7.68. The molecule has 2 aliphatic carbocycles. The Labute approximate surface area is 218 Å². The van der Waals surface area contributed by atoms with Crippen molar-refractivity contribution in [1.29, 1.82) is 0 Å². The highest BCUT2D eigenvalue weighted by molar-refractivity contribution is 5.72. The van der Waals surface area contributed by atoms with E-state index in [1.807, 2.05) is 6.20 Å². The third-order valence-corrected chi connectivity index (χ3v) is 7.90. The Morgan fingerprint density at radius 1 is 0.486 bits per heavy atom. The van der Waals surface area contributed by atoms with Crippen molar-refractivity contribution in [3.05, 3.63) is 157 Å². The van der Waals surface area contributed by atoms with Crippen molar-refractivity contribution in [2.75, 3.05) is 4.90 Å². The van der Waals surface area contributed by atoms with Gasteiger partial charge in [0.25, 0.3) is 0 Å². The summed E-state index contributed by atoms with van der Waals surface area (Å²) < 4.78 is 0. The molecule has 4 unspecified atom stereocenters. The quantitative estimate of drug-likeness (QED) is 0.297. The van der Waals surface area contributed by atoms with Crippen molar-refractivity contribution in [3.63, 3.8) is 0 Å². The van der Waals surface area contributed by atoms with Crippen LogP contribution in [0.1, 0.15) is 23.0 Å².